The molecule has 0 aromatic heterocycles. The van der Waals surface area contributed by atoms with Crippen molar-refractivity contribution in [1.82, 2.24) is 0 Å². The molecule has 126 valence electrons. The maximum Gasteiger partial charge on any atom is 0.255 e. The van der Waals surface area contributed by atoms with E-state index in [1.807, 2.05) is 12.1 Å². The third kappa shape index (κ3) is 3.86. The fourth-order valence-corrected chi connectivity index (χ4v) is 3.10. The predicted octanol–water partition coefficient (Wildman–Crippen LogP) is 2.07. The zero-order valence-corrected chi connectivity index (χ0v) is 14.2. The SMILES string of the molecule is C[NH+]1CCN(c2ccc(NC(=O)c3cccc(F)c3)cc2Cl)CC1. The molecule has 24 heavy (non-hydrogen) atoms. The number of nitrogens with one attached hydrogen (secondary N) is 2. The number of hydrogen-bond donors (Lipinski definition) is 2. The average molecular weight is 349 g/mol. The molecule has 2 N–H and O–H groups in total. The van der Waals surface area contributed by atoms with E-state index in [-0.39, 0.29) is 11.5 Å². The van der Waals surface area contributed by atoms with E-state index in [0.717, 1.165) is 31.9 Å². The van der Waals surface area contributed by atoms with Crippen LogP contribution in [0.1, 0.15) is 10.4 Å². The van der Waals surface area contributed by atoms with E-state index >= 15 is 0 Å². The highest BCUT2D eigenvalue weighted by Gasteiger charge is 2.19. The minimum Gasteiger partial charge on any atom is -0.359 e. The molecule has 1 aliphatic heterocycles. The number of amides is 1. The van der Waals surface area contributed by atoms with Crippen molar-refractivity contribution in [2.24, 2.45) is 0 Å². The molecule has 0 saturated carbocycles. The molecule has 6 heteroatoms. The van der Waals surface area contributed by atoms with Crippen LogP contribution in [0.4, 0.5) is 15.8 Å². The summed E-state index contributed by atoms with van der Waals surface area (Å²) in [7, 11) is 2.18. The first-order valence-electron chi connectivity index (χ1n) is 7.95. The number of carbonyl (C=O) groups excluding carboxylic acids is 1. The van der Waals surface area contributed by atoms with Gasteiger partial charge in [0, 0.05) is 11.3 Å². The van der Waals surface area contributed by atoms with Crippen molar-refractivity contribution < 1.29 is 14.1 Å². The number of rotatable bonds is 3. The molecular weight excluding hydrogens is 329 g/mol. The smallest absolute Gasteiger partial charge is 0.255 e. The Bertz CT molecular complexity index is 745. The zero-order valence-electron chi connectivity index (χ0n) is 13.5. The van der Waals surface area contributed by atoms with Crippen LogP contribution in [0.15, 0.2) is 42.5 Å². The number of halogens is 2. The largest absolute Gasteiger partial charge is 0.359 e. The number of likely N-dealkylation sites (N-methyl/N-ethyl adjacent to an activating group) is 1. The molecule has 1 aliphatic rings. The first-order valence-corrected chi connectivity index (χ1v) is 8.33. The van der Waals surface area contributed by atoms with E-state index in [2.05, 4.69) is 17.3 Å². The quantitative estimate of drug-likeness (QED) is 0.891. The molecule has 0 unspecified atom stereocenters. The van der Waals surface area contributed by atoms with Gasteiger partial charge in [0.05, 0.1) is 43.9 Å². The summed E-state index contributed by atoms with van der Waals surface area (Å²) in [4.78, 5) is 15.9. The van der Waals surface area contributed by atoms with Gasteiger partial charge in [-0.2, -0.15) is 0 Å². The fourth-order valence-electron chi connectivity index (χ4n) is 2.80. The fraction of sp³-hybridized carbons (Fsp3) is 0.278. The van der Waals surface area contributed by atoms with Crippen molar-refractivity contribution in [2.75, 3.05) is 43.4 Å². The second-order valence-electron chi connectivity index (χ2n) is 6.07. The molecule has 4 nitrogen and oxygen atoms in total. The summed E-state index contributed by atoms with van der Waals surface area (Å²) in [6, 6.07) is 11.1. The van der Waals surface area contributed by atoms with E-state index in [1.54, 1.807) is 12.1 Å². The second kappa shape index (κ2) is 7.20. The molecule has 2 aromatic carbocycles. The Morgan fingerprint density at radius 1 is 1.21 bits per heavy atom. The number of piperazine rings is 1. The molecule has 0 radical (unpaired) electrons. The molecule has 3 rings (SSSR count). The van der Waals surface area contributed by atoms with Crippen LogP contribution in [0, 0.1) is 5.82 Å². The van der Waals surface area contributed by atoms with Crippen molar-refractivity contribution >= 4 is 28.9 Å². The van der Waals surface area contributed by atoms with Gasteiger partial charge in [-0.25, -0.2) is 4.39 Å². The lowest BCUT2D eigenvalue weighted by Crippen LogP contribution is -3.12. The monoisotopic (exact) mass is 348 g/mol. The van der Waals surface area contributed by atoms with Crippen LogP contribution in [0.2, 0.25) is 5.02 Å². The van der Waals surface area contributed by atoms with E-state index in [9.17, 15) is 9.18 Å². The Balaban J connectivity index is 1.71. The zero-order chi connectivity index (χ0) is 17.1. The number of carbonyl (C=O) groups is 1. The number of quaternary nitrogens is 1. The van der Waals surface area contributed by atoms with Crippen LogP contribution in [-0.2, 0) is 0 Å². The lowest BCUT2D eigenvalue weighted by atomic mass is 10.2. The topological polar surface area (TPSA) is 36.8 Å². The first kappa shape index (κ1) is 16.7. The van der Waals surface area contributed by atoms with Crippen molar-refractivity contribution in [1.29, 1.82) is 0 Å². The molecule has 1 saturated heterocycles. The van der Waals surface area contributed by atoms with E-state index in [0.29, 0.717) is 10.7 Å². The minimum atomic E-state index is -0.437. The molecule has 0 aliphatic carbocycles. The Kier molecular flexibility index (Phi) is 5.02. The van der Waals surface area contributed by atoms with Crippen molar-refractivity contribution in [3.63, 3.8) is 0 Å². The maximum atomic E-state index is 13.2. The lowest BCUT2D eigenvalue weighted by molar-refractivity contribution is -0.880. The highest BCUT2D eigenvalue weighted by molar-refractivity contribution is 6.33. The van der Waals surface area contributed by atoms with Gasteiger partial charge in [-0.1, -0.05) is 17.7 Å². The van der Waals surface area contributed by atoms with E-state index in [4.69, 9.17) is 11.6 Å². The average Bonchev–Trinajstić information content (AvgIpc) is 2.56. The van der Waals surface area contributed by atoms with Gasteiger partial charge in [0.15, 0.2) is 0 Å². The molecule has 1 amide bonds. The summed E-state index contributed by atoms with van der Waals surface area (Å²) in [5.41, 5.74) is 1.85. The van der Waals surface area contributed by atoms with Gasteiger partial charge >= 0.3 is 0 Å². The van der Waals surface area contributed by atoms with Crippen LogP contribution < -0.4 is 15.1 Å². The third-order valence-electron chi connectivity index (χ3n) is 4.25. The summed E-state index contributed by atoms with van der Waals surface area (Å²) in [6.45, 7) is 4.07. The Labute approximate surface area is 145 Å². The summed E-state index contributed by atoms with van der Waals surface area (Å²) in [5.74, 6) is -0.797. The van der Waals surface area contributed by atoms with Gasteiger partial charge in [0.25, 0.3) is 5.91 Å². The molecular formula is C18H20ClFN3O+. The molecule has 1 fully saturated rings. The predicted molar refractivity (Wildman–Crippen MR) is 94.6 cm³/mol. The molecule has 2 aromatic rings. The first-order chi connectivity index (χ1) is 11.5. The molecule has 1 heterocycles. The molecule has 0 bridgehead atoms. The Morgan fingerprint density at radius 2 is 1.96 bits per heavy atom. The van der Waals surface area contributed by atoms with Crippen LogP contribution in [0.3, 0.4) is 0 Å². The highest BCUT2D eigenvalue weighted by Crippen LogP contribution is 2.29. The number of anilines is 2. The Hall–Kier alpha value is -2.11. The van der Waals surface area contributed by atoms with Crippen molar-refractivity contribution in [2.45, 2.75) is 0 Å². The summed E-state index contributed by atoms with van der Waals surface area (Å²) < 4.78 is 13.2. The number of nitrogens with zero attached hydrogens (tertiary/aromatic N) is 1. The Morgan fingerprint density at radius 3 is 2.62 bits per heavy atom. The lowest BCUT2D eigenvalue weighted by Gasteiger charge is -2.32. The highest BCUT2D eigenvalue weighted by atomic mass is 35.5. The van der Waals surface area contributed by atoms with Gasteiger partial charge in [-0.3, -0.25) is 4.79 Å². The molecule has 0 atom stereocenters. The maximum absolute atomic E-state index is 13.2. The van der Waals surface area contributed by atoms with Crippen LogP contribution in [-0.4, -0.2) is 39.1 Å². The molecule has 0 spiro atoms. The van der Waals surface area contributed by atoms with Crippen molar-refractivity contribution in [3.8, 4) is 0 Å². The van der Waals surface area contributed by atoms with Crippen molar-refractivity contribution in [3.05, 3.63) is 58.9 Å². The van der Waals surface area contributed by atoms with E-state index < -0.39 is 5.82 Å². The summed E-state index contributed by atoms with van der Waals surface area (Å²) in [6.07, 6.45) is 0. The van der Waals surface area contributed by atoms with Gasteiger partial charge in [0.1, 0.15) is 5.82 Å². The van der Waals surface area contributed by atoms with Crippen LogP contribution >= 0.6 is 11.6 Å². The normalized spacial score (nSPS) is 15.4. The minimum absolute atomic E-state index is 0.275. The van der Waals surface area contributed by atoms with E-state index in [1.165, 1.54) is 23.1 Å². The summed E-state index contributed by atoms with van der Waals surface area (Å²) in [5, 5.41) is 3.35. The number of benzene rings is 2. The van der Waals surface area contributed by atoms with Gasteiger partial charge < -0.3 is 15.1 Å². The second-order valence-corrected chi connectivity index (χ2v) is 6.48. The van der Waals surface area contributed by atoms with Gasteiger partial charge in [-0.15, -0.1) is 0 Å². The van der Waals surface area contributed by atoms with Gasteiger partial charge in [0.2, 0.25) is 0 Å². The third-order valence-corrected chi connectivity index (χ3v) is 4.55. The van der Waals surface area contributed by atoms with Gasteiger partial charge in [-0.05, 0) is 36.4 Å². The summed E-state index contributed by atoms with van der Waals surface area (Å²) >= 11 is 6.39. The van der Waals surface area contributed by atoms with Crippen LogP contribution in [0.25, 0.3) is 0 Å². The standard InChI is InChI=1S/C18H19ClFN3O/c1-22-7-9-23(10-8-22)17-6-5-15(12-16(17)19)21-18(24)13-3-2-4-14(20)11-13/h2-6,11-12H,7-10H2,1H3,(H,21,24)/p+1. The van der Waals surface area contributed by atoms with Crippen LogP contribution in [0.5, 0.6) is 0 Å². The number of hydrogen-bond acceptors (Lipinski definition) is 2.